The van der Waals surface area contributed by atoms with E-state index in [4.69, 9.17) is 0 Å². The third kappa shape index (κ3) is 5.32. The van der Waals surface area contributed by atoms with E-state index >= 15 is 0 Å². The van der Waals surface area contributed by atoms with E-state index in [0.29, 0.717) is 18.7 Å². The van der Waals surface area contributed by atoms with Gasteiger partial charge in [-0.3, -0.25) is 4.21 Å². The molecule has 3 unspecified atom stereocenters. The van der Waals surface area contributed by atoms with Crippen LogP contribution in [0.5, 0.6) is 0 Å². The van der Waals surface area contributed by atoms with E-state index in [1.54, 1.807) is 18.4 Å². The summed E-state index contributed by atoms with van der Waals surface area (Å²) in [5.74, 6) is 0. The topological polar surface area (TPSA) is 83.5 Å². The Morgan fingerprint density at radius 1 is 1.25 bits per heavy atom. The molecule has 0 fully saturated rings. The average molecular weight is 319 g/mol. The minimum absolute atomic E-state index is 0.0230. The molecule has 7 heteroatoms. The Balaban J connectivity index is 2.56. The van der Waals surface area contributed by atoms with Crippen LogP contribution in [0, 0.1) is 0 Å². The molecule has 1 rings (SSSR count). The predicted molar refractivity (Wildman–Crippen MR) is 80.9 cm³/mol. The highest BCUT2D eigenvalue weighted by Gasteiger charge is 2.12. The molecule has 0 spiro atoms. The Kier molecular flexibility index (Phi) is 6.32. The number of aliphatic hydroxyl groups is 1. The number of aliphatic hydroxyl groups excluding tert-OH is 1. The first-order valence-electron chi connectivity index (χ1n) is 6.23. The van der Waals surface area contributed by atoms with Crippen molar-refractivity contribution >= 4 is 20.6 Å². The van der Waals surface area contributed by atoms with Crippen LogP contribution in [-0.2, 0) is 20.6 Å². The number of hydrogen-bond acceptors (Lipinski definition) is 5. The Morgan fingerprint density at radius 2 is 1.80 bits per heavy atom. The molecule has 0 saturated heterocycles. The van der Waals surface area contributed by atoms with Crippen LogP contribution in [0.1, 0.15) is 18.6 Å². The largest absolute Gasteiger partial charge is 0.387 e. The van der Waals surface area contributed by atoms with Crippen LogP contribution in [0.15, 0.2) is 29.2 Å². The van der Waals surface area contributed by atoms with E-state index in [1.807, 2.05) is 6.92 Å². The molecule has 20 heavy (non-hydrogen) atoms. The second-order valence-electron chi connectivity index (χ2n) is 4.82. The summed E-state index contributed by atoms with van der Waals surface area (Å²) in [6.07, 6.45) is 2.07. The Labute approximate surface area is 122 Å². The Hall–Kier alpha value is -0.760. The van der Waals surface area contributed by atoms with Gasteiger partial charge in [0.25, 0.3) is 0 Å². The number of nitrogens with one attached hydrogen (secondary N) is 1. The van der Waals surface area contributed by atoms with E-state index in [9.17, 15) is 17.7 Å². The van der Waals surface area contributed by atoms with Crippen LogP contribution >= 0.6 is 0 Å². The summed E-state index contributed by atoms with van der Waals surface area (Å²) in [4.78, 5) is 0.233. The fourth-order valence-corrected chi connectivity index (χ4v) is 2.58. The standard InChI is InChI=1S/C13H21NO4S2/c1-10(19(2)16)8-14-9-13(15)11-4-6-12(7-5-11)20(3,17)18/h4-7,10,13-15H,8-9H2,1-3H3. The smallest absolute Gasteiger partial charge is 0.175 e. The summed E-state index contributed by atoms with van der Waals surface area (Å²) in [7, 11) is -4.11. The first kappa shape index (κ1) is 17.3. The number of rotatable bonds is 7. The Morgan fingerprint density at radius 3 is 2.25 bits per heavy atom. The van der Waals surface area contributed by atoms with Gasteiger partial charge in [0.2, 0.25) is 0 Å². The lowest BCUT2D eigenvalue weighted by molar-refractivity contribution is 0.175. The summed E-state index contributed by atoms with van der Waals surface area (Å²) < 4.78 is 33.8. The lowest BCUT2D eigenvalue weighted by Crippen LogP contribution is -2.30. The lowest BCUT2D eigenvalue weighted by Gasteiger charge is -2.14. The van der Waals surface area contributed by atoms with E-state index in [0.717, 1.165) is 6.26 Å². The molecule has 0 aromatic heterocycles. The van der Waals surface area contributed by atoms with Gasteiger partial charge in [-0.1, -0.05) is 12.1 Å². The molecule has 2 N–H and O–H groups in total. The van der Waals surface area contributed by atoms with Crippen molar-refractivity contribution in [3.63, 3.8) is 0 Å². The van der Waals surface area contributed by atoms with Crippen LogP contribution in [0.3, 0.4) is 0 Å². The van der Waals surface area contributed by atoms with Crippen molar-refractivity contribution in [1.82, 2.24) is 5.32 Å². The molecule has 0 aliphatic rings. The van der Waals surface area contributed by atoms with E-state index < -0.39 is 26.7 Å². The van der Waals surface area contributed by atoms with Gasteiger partial charge in [0, 0.05) is 41.7 Å². The molecule has 114 valence electrons. The van der Waals surface area contributed by atoms with Gasteiger partial charge >= 0.3 is 0 Å². The van der Waals surface area contributed by atoms with E-state index in [-0.39, 0.29) is 10.1 Å². The SMILES string of the molecule is CC(CNCC(O)c1ccc(S(C)(=O)=O)cc1)S(C)=O. The fraction of sp³-hybridized carbons (Fsp3) is 0.538. The van der Waals surface area contributed by atoms with Crippen LogP contribution in [0.4, 0.5) is 0 Å². The minimum atomic E-state index is -3.21. The first-order chi connectivity index (χ1) is 9.21. The fourth-order valence-electron chi connectivity index (χ4n) is 1.60. The summed E-state index contributed by atoms with van der Waals surface area (Å²) in [5.41, 5.74) is 0.648. The van der Waals surface area contributed by atoms with Crippen molar-refractivity contribution in [2.75, 3.05) is 25.6 Å². The quantitative estimate of drug-likeness (QED) is 0.764. The zero-order valence-electron chi connectivity index (χ0n) is 11.9. The summed E-state index contributed by atoms with van der Waals surface area (Å²) >= 11 is 0. The van der Waals surface area contributed by atoms with Gasteiger partial charge in [-0.15, -0.1) is 0 Å². The molecule has 0 bridgehead atoms. The predicted octanol–water partition coefficient (Wildman–Crippen LogP) is 0.480. The number of sulfone groups is 1. The molecule has 0 saturated carbocycles. The van der Waals surface area contributed by atoms with Crippen molar-refractivity contribution in [3.05, 3.63) is 29.8 Å². The zero-order chi connectivity index (χ0) is 15.3. The summed E-state index contributed by atoms with van der Waals surface area (Å²) in [5, 5.41) is 13.0. The van der Waals surface area contributed by atoms with Crippen LogP contribution < -0.4 is 5.32 Å². The van der Waals surface area contributed by atoms with E-state index in [2.05, 4.69) is 5.32 Å². The lowest BCUT2D eigenvalue weighted by atomic mass is 10.1. The molecule has 0 radical (unpaired) electrons. The van der Waals surface area contributed by atoms with Crippen LogP contribution in [0.25, 0.3) is 0 Å². The Bertz CT molecular complexity index is 554. The third-order valence-electron chi connectivity index (χ3n) is 3.03. The molecule has 0 amide bonds. The van der Waals surface area contributed by atoms with Crippen LogP contribution in [-0.4, -0.2) is 48.6 Å². The second kappa shape index (κ2) is 7.31. The number of benzene rings is 1. The second-order valence-corrected chi connectivity index (χ2v) is 8.64. The maximum absolute atomic E-state index is 11.3. The van der Waals surface area contributed by atoms with Gasteiger partial charge in [-0.05, 0) is 24.6 Å². The third-order valence-corrected chi connectivity index (χ3v) is 5.46. The van der Waals surface area contributed by atoms with Gasteiger partial charge in [0.15, 0.2) is 9.84 Å². The van der Waals surface area contributed by atoms with Crippen molar-refractivity contribution in [2.45, 2.75) is 23.2 Å². The molecule has 1 aromatic carbocycles. The maximum atomic E-state index is 11.3. The van der Waals surface area contributed by atoms with Crippen LogP contribution in [0.2, 0.25) is 0 Å². The highest BCUT2D eigenvalue weighted by molar-refractivity contribution is 7.90. The maximum Gasteiger partial charge on any atom is 0.175 e. The highest BCUT2D eigenvalue weighted by atomic mass is 32.2. The molecule has 5 nitrogen and oxygen atoms in total. The van der Waals surface area contributed by atoms with Crippen molar-refractivity contribution in [3.8, 4) is 0 Å². The van der Waals surface area contributed by atoms with Crippen molar-refractivity contribution in [1.29, 1.82) is 0 Å². The monoisotopic (exact) mass is 319 g/mol. The van der Waals surface area contributed by atoms with Gasteiger partial charge in [-0.2, -0.15) is 0 Å². The van der Waals surface area contributed by atoms with Gasteiger partial charge in [0.1, 0.15) is 0 Å². The molecular formula is C13H21NO4S2. The first-order valence-corrected chi connectivity index (χ1v) is 9.74. The van der Waals surface area contributed by atoms with Crippen molar-refractivity contribution in [2.24, 2.45) is 0 Å². The zero-order valence-corrected chi connectivity index (χ0v) is 13.5. The molecule has 1 aromatic rings. The average Bonchev–Trinajstić information content (AvgIpc) is 2.37. The molecule has 0 heterocycles. The highest BCUT2D eigenvalue weighted by Crippen LogP contribution is 2.15. The van der Waals surface area contributed by atoms with Gasteiger partial charge in [-0.25, -0.2) is 8.42 Å². The van der Waals surface area contributed by atoms with E-state index in [1.165, 1.54) is 12.1 Å². The summed E-state index contributed by atoms with van der Waals surface area (Å²) in [6.45, 7) is 2.76. The molecule has 0 aliphatic carbocycles. The van der Waals surface area contributed by atoms with Gasteiger partial charge in [0.05, 0.1) is 11.0 Å². The minimum Gasteiger partial charge on any atom is -0.387 e. The summed E-state index contributed by atoms with van der Waals surface area (Å²) in [6, 6.07) is 6.17. The molecule has 0 aliphatic heterocycles. The van der Waals surface area contributed by atoms with Gasteiger partial charge < -0.3 is 10.4 Å². The molecular weight excluding hydrogens is 298 g/mol. The normalized spacial score (nSPS) is 16.6. The number of hydrogen-bond donors (Lipinski definition) is 2. The van der Waals surface area contributed by atoms with Crippen molar-refractivity contribution < 1.29 is 17.7 Å². The molecule has 3 atom stereocenters.